The first-order valence-corrected chi connectivity index (χ1v) is 11.5. The van der Waals surface area contributed by atoms with E-state index < -0.39 is 86.3 Å². The number of benzene rings is 1. The molecule has 1 aromatic rings. The van der Waals surface area contributed by atoms with Crippen LogP contribution in [0.15, 0.2) is 24.3 Å². The van der Waals surface area contributed by atoms with Crippen molar-refractivity contribution in [1.29, 1.82) is 0 Å². The second-order valence-corrected chi connectivity index (χ2v) is 8.85. The lowest BCUT2D eigenvalue weighted by atomic mass is 9.94. The number of methoxy groups -OCH3 is 1. The number of aliphatic hydroxyl groups excluding tert-OH is 5. The van der Waals surface area contributed by atoms with Crippen LogP contribution in [0.3, 0.4) is 0 Å². The van der Waals surface area contributed by atoms with E-state index in [1.165, 1.54) is 14.0 Å². The third-order valence-corrected chi connectivity index (χ3v) is 6.24. The van der Waals surface area contributed by atoms with E-state index in [1.807, 2.05) is 6.92 Å². The zero-order valence-corrected chi connectivity index (χ0v) is 20.2. The van der Waals surface area contributed by atoms with Gasteiger partial charge in [-0.1, -0.05) is 17.7 Å². The second-order valence-electron chi connectivity index (χ2n) is 8.85. The first-order chi connectivity index (χ1) is 17.1. The molecule has 2 saturated heterocycles. The molecule has 0 bridgehead atoms. The summed E-state index contributed by atoms with van der Waals surface area (Å²) < 4.78 is 22.1. The Balaban J connectivity index is 1.81. The fraction of sp³-hybridized carbons (Fsp3) is 0.652. The summed E-state index contributed by atoms with van der Waals surface area (Å²) in [6.45, 7) is 1.81. The van der Waals surface area contributed by atoms with Crippen molar-refractivity contribution in [3.8, 4) is 0 Å². The van der Waals surface area contributed by atoms with Gasteiger partial charge in [0, 0.05) is 19.6 Å². The van der Waals surface area contributed by atoms with Gasteiger partial charge in [-0.2, -0.15) is 0 Å². The molecule has 10 atom stereocenters. The molecule has 202 valence electrons. The molecule has 2 aliphatic heterocycles. The highest BCUT2D eigenvalue weighted by molar-refractivity contribution is 5.94. The molecule has 0 spiro atoms. The van der Waals surface area contributed by atoms with Gasteiger partial charge in [-0.05, 0) is 19.1 Å². The highest BCUT2D eigenvalue weighted by atomic mass is 16.7. The zero-order chi connectivity index (χ0) is 26.6. The van der Waals surface area contributed by atoms with Crippen LogP contribution in [-0.2, 0) is 23.7 Å². The molecule has 7 N–H and O–H groups in total. The van der Waals surface area contributed by atoms with Crippen LogP contribution >= 0.6 is 0 Å². The maximum absolute atomic E-state index is 12.7. The Kier molecular flexibility index (Phi) is 9.74. The van der Waals surface area contributed by atoms with Crippen LogP contribution in [0.2, 0.25) is 0 Å². The van der Waals surface area contributed by atoms with Gasteiger partial charge < -0.3 is 55.1 Å². The molecule has 2 heterocycles. The Morgan fingerprint density at radius 2 is 1.50 bits per heavy atom. The minimum atomic E-state index is -1.65. The van der Waals surface area contributed by atoms with Crippen LogP contribution in [0.1, 0.15) is 22.8 Å². The lowest BCUT2D eigenvalue weighted by molar-refractivity contribution is -0.336. The maximum atomic E-state index is 12.7. The van der Waals surface area contributed by atoms with E-state index in [1.54, 1.807) is 24.3 Å². The maximum Gasteiger partial charge on any atom is 0.251 e. The summed E-state index contributed by atoms with van der Waals surface area (Å²) in [5, 5.41) is 57.1. The van der Waals surface area contributed by atoms with Crippen molar-refractivity contribution in [3.05, 3.63) is 35.4 Å². The molecule has 2 amide bonds. The Morgan fingerprint density at radius 3 is 2.06 bits per heavy atom. The Morgan fingerprint density at radius 1 is 0.889 bits per heavy atom. The Bertz CT molecular complexity index is 885. The van der Waals surface area contributed by atoms with E-state index in [9.17, 15) is 35.1 Å². The lowest BCUT2D eigenvalue weighted by Crippen LogP contribution is -2.69. The van der Waals surface area contributed by atoms with Crippen molar-refractivity contribution < 1.29 is 54.1 Å². The summed E-state index contributed by atoms with van der Waals surface area (Å²) >= 11 is 0. The van der Waals surface area contributed by atoms with E-state index in [4.69, 9.17) is 18.9 Å². The summed E-state index contributed by atoms with van der Waals surface area (Å²) in [7, 11) is 1.30. The first kappa shape index (κ1) is 28.4. The van der Waals surface area contributed by atoms with Crippen LogP contribution in [0, 0.1) is 6.92 Å². The number of carbonyl (C=O) groups is 2. The van der Waals surface area contributed by atoms with Gasteiger partial charge in [-0.25, -0.2) is 0 Å². The fourth-order valence-corrected chi connectivity index (χ4v) is 4.29. The number of rotatable bonds is 8. The molecule has 0 radical (unpaired) electrons. The van der Waals surface area contributed by atoms with E-state index in [2.05, 4.69) is 10.6 Å². The fourth-order valence-electron chi connectivity index (χ4n) is 4.29. The molecule has 1 aromatic carbocycles. The summed E-state index contributed by atoms with van der Waals surface area (Å²) in [4.78, 5) is 24.4. The van der Waals surface area contributed by atoms with E-state index >= 15 is 0 Å². The second kappa shape index (κ2) is 12.4. The van der Waals surface area contributed by atoms with Gasteiger partial charge in [0.05, 0.1) is 19.3 Å². The third-order valence-electron chi connectivity index (χ3n) is 6.24. The minimum Gasteiger partial charge on any atom is -0.394 e. The zero-order valence-electron chi connectivity index (χ0n) is 20.2. The number of ether oxygens (including phenoxy) is 4. The normalized spacial score (nSPS) is 36.8. The lowest BCUT2D eigenvalue weighted by Gasteiger charge is -2.47. The van der Waals surface area contributed by atoms with Gasteiger partial charge in [0.2, 0.25) is 5.91 Å². The molecular formula is C23H34N2O11. The smallest absolute Gasteiger partial charge is 0.251 e. The van der Waals surface area contributed by atoms with Crippen LogP contribution < -0.4 is 10.6 Å². The third kappa shape index (κ3) is 6.19. The van der Waals surface area contributed by atoms with Gasteiger partial charge in [-0.15, -0.1) is 0 Å². The standard InChI is InChI=1S/C23H34N2O11/c1-10-4-6-12(7-5-10)21(32)25-15-17(29)13(8-26)34-23(19(15)31)36-20-14(9-27)35-22(33-3)16(18(20)30)24-11(2)28/h4-7,13-20,22-23,26-27,29-31H,8-9H2,1-3H3,(H,24,28)(H,25,32)/t13?,14?,15?,16-,17-,18?,19-,20+,22+,23-/m0/s1. The van der Waals surface area contributed by atoms with Gasteiger partial charge >= 0.3 is 0 Å². The molecule has 36 heavy (non-hydrogen) atoms. The van der Waals surface area contributed by atoms with Crippen molar-refractivity contribution >= 4 is 11.8 Å². The monoisotopic (exact) mass is 514 g/mol. The summed E-state index contributed by atoms with van der Waals surface area (Å²) in [5.41, 5.74) is 1.22. The number of amides is 2. The van der Waals surface area contributed by atoms with Crippen LogP contribution in [0.5, 0.6) is 0 Å². The number of hydrogen-bond acceptors (Lipinski definition) is 11. The first-order valence-electron chi connectivity index (χ1n) is 11.5. The molecule has 4 unspecified atom stereocenters. The highest BCUT2D eigenvalue weighted by Gasteiger charge is 2.51. The molecule has 2 fully saturated rings. The van der Waals surface area contributed by atoms with Crippen molar-refractivity contribution in [1.82, 2.24) is 10.6 Å². The van der Waals surface area contributed by atoms with E-state index in [-0.39, 0.29) is 5.56 Å². The van der Waals surface area contributed by atoms with Crippen molar-refractivity contribution in [2.75, 3.05) is 20.3 Å². The van der Waals surface area contributed by atoms with Crippen LogP contribution in [0.4, 0.5) is 0 Å². The van der Waals surface area contributed by atoms with Crippen LogP contribution in [0.25, 0.3) is 0 Å². The minimum absolute atomic E-state index is 0.282. The molecule has 13 nitrogen and oxygen atoms in total. The van der Waals surface area contributed by atoms with Gasteiger partial charge in [0.25, 0.3) is 5.91 Å². The average Bonchev–Trinajstić information content (AvgIpc) is 2.85. The van der Waals surface area contributed by atoms with E-state index in [0.717, 1.165) is 5.56 Å². The van der Waals surface area contributed by atoms with Crippen LogP contribution in [-0.4, -0.2) is 119 Å². The highest BCUT2D eigenvalue weighted by Crippen LogP contribution is 2.29. The molecule has 2 aliphatic rings. The van der Waals surface area contributed by atoms with Crippen molar-refractivity contribution in [2.24, 2.45) is 0 Å². The summed E-state index contributed by atoms with van der Waals surface area (Å²) in [6.07, 6.45) is -11.0. The predicted octanol–water partition coefficient (Wildman–Crippen LogP) is -2.85. The molecule has 0 aliphatic carbocycles. The Labute approximate surface area is 207 Å². The van der Waals surface area contributed by atoms with Gasteiger partial charge in [0.1, 0.15) is 42.7 Å². The Hall–Kier alpha value is -2.20. The van der Waals surface area contributed by atoms with Gasteiger partial charge in [-0.3, -0.25) is 9.59 Å². The quantitative estimate of drug-likeness (QED) is 0.189. The summed E-state index contributed by atoms with van der Waals surface area (Å²) in [5.74, 6) is -1.07. The number of aliphatic hydroxyl groups is 5. The SMILES string of the molecule is CO[C@@H]1OC(CO)[C@@H](O[C@@H]2OC(CO)[C@H](O)C(NC(=O)c3ccc(C)cc3)[C@@H]2O)C(O)[C@@H]1NC(C)=O. The number of hydrogen-bond donors (Lipinski definition) is 7. The largest absolute Gasteiger partial charge is 0.394 e. The van der Waals surface area contributed by atoms with E-state index in [0.29, 0.717) is 0 Å². The van der Waals surface area contributed by atoms with Crippen molar-refractivity contribution in [3.63, 3.8) is 0 Å². The van der Waals surface area contributed by atoms with Gasteiger partial charge in [0.15, 0.2) is 12.6 Å². The summed E-state index contributed by atoms with van der Waals surface area (Å²) in [6, 6.07) is 4.21. The molecular weight excluding hydrogens is 480 g/mol. The molecule has 13 heteroatoms. The predicted molar refractivity (Wildman–Crippen MR) is 121 cm³/mol. The van der Waals surface area contributed by atoms with Crippen molar-refractivity contribution in [2.45, 2.75) is 75.1 Å². The molecule has 0 aromatic heterocycles. The number of aryl methyl sites for hydroxylation is 1. The molecule has 0 saturated carbocycles. The topological polar surface area (TPSA) is 196 Å². The number of nitrogens with one attached hydrogen (secondary N) is 2. The molecule has 3 rings (SSSR count). The number of carbonyl (C=O) groups excluding carboxylic acids is 2. The average molecular weight is 515 g/mol.